The van der Waals surface area contributed by atoms with Crippen LogP contribution in [0, 0.1) is 20.8 Å². The Morgan fingerprint density at radius 3 is 2.47 bits per heavy atom. The molecule has 0 fully saturated rings. The van der Waals surface area contributed by atoms with Gasteiger partial charge in [0.2, 0.25) is 0 Å². The number of aromatic nitrogens is 2. The van der Waals surface area contributed by atoms with E-state index in [0.29, 0.717) is 6.54 Å². The van der Waals surface area contributed by atoms with Crippen LogP contribution in [0.15, 0.2) is 18.3 Å². The highest BCUT2D eigenvalue weighted by Gasteiger charge is 2.10. The summed E-state index contributed by atoms with van der Waals surface area (Å²) in [4.78, 5) is 0. The standard InChI is InChI=1S/C14H19N3/c1-9-6-11(3)12(7-10(9)2)13-8-16-17-14(13)4-5-15/h6-8H,4-5,15H2,1-3H3,(H,16,17). The second kappa shape index (κ2) is 4.72. The van der Waals surface area contributed by atoms with Gasteiger partial charge in [0.25, 0.3) is 0 Å². The van der Waals surface area contributed by atoms with Crippen molar-refractivity contribution < 1.29 is 0 Å². The molecule has 90 valence electrons. The molecule has 0 saturated carbocycles. The fourth-order valence-corrected chi connectivity index (χ4v) is 2.13. The first-order valence-corrected chi connectivity index (χ1v) is 5.94. The molecule has 0 aliphatic heterocycles. The Hall–Kier alpha value is -1.61. The van der Waals surface area contributed by atoms with E-state index in [0.717, 1.165) is 12.1 Å². The van der Waals surface area contributed by atoms with Crippen molar-refractivity contribution in [1.82, 2.24) is 10.2 Å². The number of hydrogen-bond donors (Lipinski definition) is 2. The minimum Gasteiger partial charge on any atom is -0.330 e. The van der Waals surface area contributed by atoms with Crippen LogP contribution in [0.25, 0.3) is 11.1 Å². The van der Waals surface area contributed by atoms with E-state index in [1.165, 1.54) is 27.8 Å². The molecule has 17 heavy (non-hydrogen) atoms. The highest BCUT2D eigenvalue weighted by molar-refractivity contribution is 5.70. The van der Waals surface area contributed by atoms with Crippen LogP contribution in [0.3, 0.4) is 0 Å². The summed E-state index contributed by atoms with van der Waals surface area (Å²) in [5, 5.41) is 7.17. The van der Waals surface area contributed by atoms with Crippen LogP contribution in [0.4, 0.5) is 0 Å². The molecule has 0 aliphatic rings. The Bertz CT molecular complexity index is 526. The molecular weight excluding hydrogens is 210 g/mol. The first-order chi connectivity index (χ1) is 8.13. The normalized spacial score (nSPS) is 10.8. The van der Waals surface area contributed by atoms with Crippen LogP contribution in [-0.2, 0) is 6.42 Å². The molecular formula is C14H19N3. The lowest BCUT2D eigenvalue weighted by atomic mass is 9.95. The van der Waals surface area contributed by atoms with Crippen molar-refractivity contribution >= 4 is 0 Å². The van der Waals surface area contributed by atoms with Gasteiger partial charge in [-0.2, -0.15) is 5.10 Å². The summed E-state index contributed by atoms with van der Waals surface area (Å²) in [7, 11) is 0. The Morgan fingerprint density at radius 2 is 1.76 bits per heavy atom. The van der Waals surface area contributed by atoms with E-state index in [9.17, 15) is 0 Å². The Labute approximate surface area is 102 Å². The average molecular weight is 229 g/mol. The molecule has 1 aromatic carbocycles. The number of nitrogens with two attached hydrogens (primary N) is 1. The molecule has 3 heteroatoms. The second-order valence-corrected chi connectivity index (χ2v) is 4.55. The van der Waals surface area contributed by atoms with Crippen LogP contribution in [0.5, 0.6) is 0 Å². The van der Waals surface area contributed by atoms with Gasteiger partial charge in [-0.3, -0.25) is 5.10 Å². The molecule has 0 saturated heterocycles. The summed E-state index contributed by atoms with van der Waals surface area (Å²) in [5.74, 6) is 0. The summed E-state index contributed by atoms with van der Waals surface area (Å²) in [6.45, 7) is 7.06. The van der Waals surface area contributed by atoms with E-state index in [2.05, 4.69) is 43.1 Å². The van der Waals surface area contributed by atoms with Gasteiger partial charge in [-0.05, 0) is 49.6 Å². The van der Waals surface area contributed by atoms with Crippen LogP contribution >= 0.6 is 0 Å². The number of aryl methyl sites for hydroxylation is 3. The average Bonchev–Trinajstić information content (AvgIpc) is 2.72. The van der Waals surface area contributed by atoms with Crippen LogP contribution in [-0.4, -0.2) is 16.7 Å². The third-order valence-electron chi connectivity index (χ3n) is 3.24. The molecule has 3 N–H and O–H groups in total. The molecule has 0 radical (unpaired) electrons. The maximum atomic E-state index is 5.61. The van der Waals surface area contributed by atoms with Crippen molar-refractivity contribution in [3.8, 4) is 11.1 Å². The fraction of sp³-hybridized carbons (Fsp3) is 0.357. The lowest BCUT2D eigenvalue weighted by Crippen LogP contribution is -2.04. The Kier molecular flexibility index (Phi) is 3.29. The highest BCUT2D eigenvalue weighted by atomic mass is 15.1. The van der Waals surface area contributed by atoms with Crippen LogP contribution < -0.4 is 5.73 Å². The monoisotopic (exact) mass is 229 g/mol. The largest absolute Gasteiger partial charge is 0.330 e. The molecule has 2 aromatic rings. The first-order valence-electron chi connectivity index (χ1n) is 5.94. The van der Waals surface area contributed by atoms with Gasteiger partial charge in [0.15, 0.2) is 0 Å². The van der Waals surface area contributed by atoms with E-state index in [4.69, 9.17) is 5.73 Å². The number of benzene rings is 1. The zero-order chi connectivity index (χ0) is 12.4. The van der Waals surface area contributed by atoms with Crippen molar-refractivity contribution in [2.75, 3.05) is 6.54 Å². The summed E-state index contributed by atoms with van der Waals surface area (Å²) in [6, 6.07) is 4.46. The zero-order valence-electron chi connectivity index (χ0n) is 10.7. The summed E-state index contributed by atoms with van der Waals surface area (Å²) < 4.78 is 0. The predicted molar refractivity (Wildman–Crippen MR) is 71.0 cm³/mol. The molecule has 0 unspecified atom stereocenters. The number of rotatable bonds is 3. The predicted octanol–water partition coefficient (Wildman–Crippen LogP) is 2.50. The van der Waals surface area contributed by atoms with Crippen molar-refractivity contribution in [2.45, 2.75) is 27.2 Å². The van der Waals surface area contributed by atoms with Crippen molar-refractivity contribution in [2.24, 2.45) is 5.73 Å². The molecule has 3 nitrogen and oxygen atoms in total. The zero-order valence-corrected chi connectivity index (χ0v) is 10.7. The van der Waals surface area contributed by atoms with Crippen molar-refractivity contribution in [3.05, 3.63) is 40.7 Å². The topological polar surface area (TPSA) is 54.7 Å². The van der Waals surface area contributed by atoms with Gasteiger partial charge < -0.3 is 5.73 Å². The third-order valence-corrected chi connectivity index (χ3v) is 3.24. The number of hydrogen-bond acceptors (Lipinski definition) is 2. The van der Waals surface area contributed by atoms with Crippen molar-refractivity contribution in [3.63, 3.8) is 0 Å². The van der Waals surface area contributed by atoms with E-state index >= 15 is 0 Å². The van der Waals surface area contributed by atoms with Gasteiger partial charge in [-0.15, -0.1) is 0 Å². The maximum Gasteiger partial charge on any atom is 0.0568 e. The molecule has 0 bridgehead atoms. The molecule has 0 amide bonds. The quantitative estimate of drug-likeness (QED) is 0.849. The fourth-order valence-electron chi connectivity index (χ4n) is 2.13. The summed E-state index contributed by atoms with van der Waals surface area (Å²) in [6.07, 6.45) is 2.73. The SMILES string of the molecule is Cc1cc(C)c(-c2cn[nH]c2CCN)cc1C. The minimum atomic E-state index is 0.638. The molecule has 0 aliphatic carbocycles. The highest BCUT2D eigenvalue weighted by Crippen LogP contribution is 2.28. The maximum absolute atomic E-state index is 5.61. The first kappa shape index (κ1) is 11.9. The van der Waals surface area contributed by atoms with Gasteiger partial charge >= 0.3 is 0 Å². The Balaban J connectivity index is 2.52. The van der Waals surface area contributed by atoms with E-state index in [1.807, 2.05) is 6.20 Å². The molecule has 0 atom stereocenters. The molecule has 1 aromatic heterocycles. The van der Waals surface area contributed by atoms with Crippen LogP contribution in [0.2, 0.25) is 0 Å². The Morgan fingerprint density at radius 1 is 1.06 bits per heavy atom. The van der Waals surface area contributed by atoms with Gasteiger partial charge in [-0.1, -0.05) is 12.1 Å². The lowest BCUT2D eigenvalue weighted by molar-refractivity contribution is 0.902. The van der Waals surface area contributed by atoms with Gasteiger partial charge in [0.05, 0.1) is 6.20 Å². The number of nitrogens with zero attached hydrogens (tertiary/aromatic N) is 1. The van der Waals surface area contributed by atoms with Gasteiger partial charge in [-0.25, -0.2) is 0 Å². The summed E-state index contributed by atoms with van der Waals surface area (Å²) in [5.41, 5.74) is 13.1. The van der Waals surface area contributed by atoms with E-state index < -0.39 is 0 Å². The van der Waals surface area contributed by atoms with E-state index in [1.54, 1.807) is 0 Å². The lowest BCUT2D eigenvalue weighted by Gasteiger charge is -2.10. The number of aromatic amines is 1. The van der Waals surface area contributed by atoms with E-state index in [-0.39, 0.29) is 0 Å². The van der Waals surface area contributed by atoms with Crippen molar-refractivity contribution in [1.29, 1.82) is 0 Å². The van der Waals surface area contributed by atoms with Crippen LogP contribution in [0.1, 0.15) is 22.4 Å². The molecule has 2 rings (SSSR count). The molecule has 0 spiro atoms. The third kappa shape index (κ3) is 2.24. The summed E-state index contributed by atoms with van der Waals surface area (Å²) >= 11 is 0. The molecule has 1 heterocycles. The van der Waals surface area contributed by atoms with Gasteiger partial charge in [0, 0.05) is 17.7 Å². The van der Waals surface area contributed by atoms with Gasteiger partial charge in [0.1, 0.15) is 0 Å². The number of H-pyrrole nitrogens is 1. The minimum absolute atomic E-state index is 0.638. The smallest absolute Gasteiger partial charge is 0.0568 e. The number of nitrogens with one attached hydrogen (secondary N) is 1. The second-order valence-electron chi connectivity index (χ2n) is 4.55.